The Morgan fingerprint density at radius 3 is 2.55 bits per heavy atom. The van der Waals surface area contributed by atoms with E-state index in [1.807, 2.05) is 0 Å². The molecule has 0 aliphatic carbocycles. The zero-order valence-electron chi connectivity index (χ0n) is 7.20. The van der Waals surface area contributed by atoms with Crippen molar-refractivity contribution < 1.29 is 5.21 Å². The summed E-state index contributed by atoms with van der Waals surface area (Å²) in [5.74, 6) is 0. The van der Waals surface area contributed by atoms with Gasteiger partial charge in [0.2, 0.25) is 0 Å². The molecule has 0 saturated carbocycles. The van der Waals surface area contributed by atoms with Crippen LogP contribution in [0.4, 0.5) is 0 Å². The van der Waals surface area contributed by atoms with Gasteiger partial charge in [-0.3, -0.25) is 0 Å². The van der Waals surface area contributed by atoms with Crippen LogP contribution in [-0.4, -0.2) is 15.2 Å². The monoisotopic (exact) mass is 154 g/mol. The second-order valence-electron chi connectivity index (χ2n) is 4.01. The van der Waals surface area contributed by atoms with Gasteiger partial charge in [-0.1, -0.05) is 20.8 Å². The number of aromatic nitrogens is 2. The average Bonchev–Trinajstić information content (AvgIpc) is 2.10. The molecule has 0 unspecified atom stereocenters. The SMILES string of the molecule is CC(C)(C)Cc1cnn(O)c1. The summed E-state index contributed by atoms with van der Waals surface area (Å²) in [7, 11) is 0. The van der Waals surface area contributed by atoms with Crippen LogP contribution < -0.4 is 0 Å². The quantitative estimate of drug-likeness (QED) is 0.625. The lowest BCUT2D eigenvalue weighted by Gasteiger charge is -2.15. The predicted molar refractivity (Wildman–Crippen MR) is 42.6 cm³/mol. The third kappa shape index (κ3) is 2.62. The zero-order chi connectivity index (χ0) is 8.48. The predicted octanol–water partition coefficient (Wildman–Crippen LogP) is 1.71. The van der Waals surface area contributed by atoms with Gasteiger partial charge in [-0.25, -0.2) is 0 Å². The largest absolute Gasteiger partial charge is 0.412 e. The zero-order valence-corrected chi connectivity index (χ0v) is 7.20. The Hall–Kier alpha value is -0.990. The van der Waals surface area contributed by atoms with Crippen molar-refractivity contribution in [3.8, 4) is 0 Å². The van der Waals surface area contributed by atoms with Crippen LogP contribution in [0.25, 0.3) is 0 Å². The normalized spacial score (nSPS) is 11.9. The first-order chi connectivity index (χ1) is 4.97. The molecule has 62 valence electrons. The fourth-order valence-electron chi connectivity index (χ4n) is 1.05. The molecule has 3 heteroatoms. The average molecular weight is 154 g/mol. The van der Waals surface area contributed by atoms with Gasteiger partial charge in [-0.05, 0) is 17.4 Å². The highest BCUT2D eigenvalue weighted by molar-refractivity contribution is 5.05. The topological polar surface area (TPSA) is 38.0 Å². The molecule has 1 aromatic heterocycles. The minimum Gasteiger partial charge on any atom is -0.412 e. The van der Waals surface area contributed by atoms with E-state index < -0.39 is 0 Å². The fraction of sp³-hybridized carbons (Fsp3) is 0.625. The summed E-state index contributed by atoms with van der Waals surface area (Å²) in [5.41, 5.74) is 1.32. The van der Waals surface area contributed by atoms with Crippen molar-refractivity contribution in [2.45, 2.75) is 27.2 Å². The van der Waals surface area contributed by atoms with Gasteiger partial charge in [0.1, 0.15) is 0 Å². The summed E-state index contributed by atoms with van der Waals surface area (Å²) in [6.07, 6.45) is 4.25. The van der Waals surface area contributed by atoms with E-state index in [4.69, 9.17) is 5.21 Å². The van der Waals surface area contributed by atoms with Gasteiger partial charge in [0.25, 0.3) is 0 Å². The van der Waals surface area contributed by atoms with Crippen LogP contribution in [-0.2, 0) is 6.42 Å². The molecule has 0 spiro atoms. The van der Waals surface area contributed by atoms with E-state index in [9.17, 15) is 0 Å². The molecule has 0 fully saturated rings. The third-order valence-electron chi connectivity index (χ3n) is 1.36. The molecule has 0 atom stereocenters. The fourth-order valence-corrected chi connectivity index (χ4v) is 1.05. The van der Waals surface area contributed by atoms with Gasteiger partial charge in [0.05, 0.1) is 12.4 Å². The lowest BCUT2D eigenvalue weighted by Crippen LogP contribution is -2.08. The van der Waals surface area contributed by atoms with Crippen LogP contribution in [0.5, 0.6) is 0 Å². The van der Waals surface area contributed by atoms with E-state index in [1.54, 1.807) is 12.4 Å². The summed E-state index contributed by atoms with van der Waals surface area (Å²) in [6.45, 7) is 6.46. The molecule has 11 heavy (non-hydrogen) atoms. The van der Waals surface area contributed by atoms with E-state index in [0.717, 1.165) is 16.8 Å². The van der Waals surface area contributed by atoms with Gasteiger partial charge in [0, 0.05) is 0 Å². The molecular formula is C8H14N2O. The van der Waals surface area contributed by atoms with Crippen LogP contribution in [0, 0.1) is 5.41 Å². The van der Waals surface area contributed by atoms with Crippen molar-refractivity contribution in [2.24, 2.45) is 5.41 Å². The highest BCUT2D eigenvalue weighted by Gasteiger charge is 2.12. The summed E-state index contributed by atoms with van der Waals surface area (Å²) in [4.78, 5) is 0.848. The van der Waals surface area contributed by atoms with Crippen molar-refractivity contribution >= 4 is 0 Å². The number of hydrogen-bond acceptors (Lipinski definition) is 2. The molecule has 1 rings (SSSR count). The highest BCUT2D eigenvalue weighted by atomic mass is 16.5. The van der Waals surface area contributed by atoms with Crippen molar-refractivity contribution in [1.82, 2.24) is 9.94 Å². The minimum absolute atomic E-state index is 0.253. The van der Waals surface area contributed by atoms with E-state index >= 15 is 0 Å². The molecule has 0 bridgehead atoms. The smallest absolute Gasteiger partial charge is 0.0696 e. The molecule has 0 aromatic carbocycles. The van der Waals surface area contributed by atoms with Crippen molar-refractivity contribution in [2.75, 3.05) is 0 Å². The maximum Gasteiger partial charge on any atom is 0.0696 e. The summed E-state index contributed by atoms with van der Waals surface area (Å²) >= 11 is 0. The van der Waals surface area contributed by atoms with Crippen molar-refractivity contribution in [1.29, 1.82) is 0 Å². The molecule has 0 aliphatic rings. The number of hydrogen-bond donors (Lipinski definition) is 1. The third-order valence-corrected chi connectivity index (χ3v) is 1.36. The summed E-state index contributed by atoms with van der Waals surface area (Å²) in [5, 5.41) is 12.5. The van der Waals surface area contributed by atoms with Crippen LogP contribution in [0.2, 0.25) is 0 Å². The van der Waals surface area contributed by atoms with Crippen LogP contribution in [0.1, 0.15) is 26.3 Å². The first-order valence-electron chi connectivity index (χ1n) is 3.70. The van der Waals surface area contributed by atoms with E-state index in [1.165, 1.54) is 0 Å². The molecule has 0 radical (unpaired) electrons. The maximum absolute atomic E-state index is 8.86. The van der Waals surface area contributed by atoms with Crippen LogP contribution in [0.3, 0.4) is 0 Å². The second kappa shape index (κ2) is 2.57. The van der Waals surface area contributed by atoms with Gasteiger partial charge < -0.3 is 5.21 Å². The Balaban J connectivity index is 2.65. The molecule has 0 aliphatic heterocycles. The van der Waals surface area contributed by atoms with Crippen molar-refractivity contribution in [3.05, 3.63) is 18.0 Å². The van der Waals surface area contributed by atoms with Crippen LogP contribution >= 0.6 is 0 Å². The molecule has 0 amide bonds. The molecule has 1 heterocycles. The Kier molecular flexibility index (Phi) is 1.89. The van der Waals surface area contributed by atoms with Gasteiger partial charge in [0.15, 0.2) is 0 Å². The first kappa shape index (κ1) is 8.11. The molecule has 1 aromatic rings. The molecule has 3 nitrogen and oxygen atoms in total. The second-order valence-corrected chi connectivity index (χ2v) is 4.01. The van der Waals surface area contributed by atoms with Crippen LogP contribution in [0.15, 0.2) is 12.4 Å². The lowest BCUT2D eigenvalue weighted by molar-refractivity contribution is 0.148. The summed E-state index contributed by atoms with van der Waals surface area (Å²) < 4.78 is 0. The standard InChI is InChI=1S/C8H14N2O/c1-8(2,3)4-7-5-9-10(11)6-7/h5-6,11H,4H2,1-3H3. The maximum atomic E-state index is 8.86. The Bertz CT molecular complexity index is 234. The number of nitrogens with zero attached hydrogens (tertiary/aromatic N) is 2. The summed E-state index contributed by atoms with van der Waals surface area (Å²) in [6, 6.07) is 0. The Morgan fingerprint density at radius 1 is 1.55 bits per heavy atom. The van der Waals surface area contributed by atoms with E-state index in [0.29, 0.717) is 0 Å². The highest BCUT2D eigenvalue weighted by Crippen LogP contribution is 2.19. The lowest BCUT2D eigenvalue weighted by atomic mass is 9.89. The molecule has 1 N–H and O–H groups in total. The van der Waals surface area contributed by atoms with E-state index in [2.05, 4.69) is 25.9 Å². The minimum atomic E-state index is 0.253. The molecular weight excluding hydrogens is 140 g/mol. The van der Waals surface area contributed by atoms with Crippen molar-refractivity contribution in [3.63, 3.8) is 0 Å². The van der Waals surface area contributed by atoms with Gasteiger partial charge >= 0.3 is 0 Å². The Labute approximate surface area is 66.6 Å². The molecule has 0 saturated heterocycles. The van der Waals surface area contributed by atoms with E-state index in [-0.39, 0.29) is 5.41 Å². The van der Waals surface area contributed by atoms with Gasteiger partial charge in [-0.2, -0.15) is 0 Å². The van der Waals surface area contributed by atoms with Gasteiger partial charge in [-0.15, -0.1) is 9.94 Å². The Morgan fingerprint density at radius 2 is 2.18 bits per heavy atom. The first-order valence-corrected chi connectivity index (χ1v) is 3.70. The number of rotatable bonds is 1.